The number of pyridine rings is 2. The van der Waals surface area contributed by atoms with Crippen LogP contribution >= 0.6 is 0 Å². The maximum absolute atomic E-state index is 12.0. The molecule has 0 aromatic carbocycles. The van der Waals surface area contributed by atoms with E-state index in [-0.39, 0.29) is 5.91 Å². The third kappa shape index (κ3) is 2.82. The van der Waals surface area contributed by atoms with Crippen LogP contribution < -0.4 is 10.6 Å². The van der Waals surface area contributed by atoms with Gasteiger partial charge in [-0.1, -0.05) is 0 Å². The highest BCUT2D eigenvalue weighted by Gasteiger charge is 2.07. The molecule has 0 aliphatic rings. The zero-order valence-electron chi connectivity index (χ0n) is 10.3. The number of nitrogens with one attached hydrogen (secondary N) is 2. The minimum atomic E-state index is -0.202. The Morgan fingerprint density at radius 2 is 1.83 bits per heavy atom. The molecule has 0 saturated carbocycles. The van der Waals surface area contributed by atoms with Gasteiger partial charge in [-0.25, -0.2) is 9.97 Å². The predicted octanol–water partition coefficient (Wildman–Crippen LogP) is 2.08. The van der Waals surface area contributed by atoms with E-state index in [9.17, 15) is 4.79 Å². The Hall–Kier alpha value is -2.43. The van der Waals surface area contributed by atoms with Gasteiger partial charge in [0.1, 0.15) is 11.6 Å². The van der Waals surface area contributed by atoms with Gasteiger partial charge in [-0.2, -0.15) is 0 Å². The minimum absolute atomic E-state index is 0.202. The van der Waals surface area contributed by atoms with Crippen molar-refractivity contribution >= 4 is 17.5 Å². The van der Waals surface area contributed by atoms with Crippen LogP contribution in [0.3, 0.4) is 0 Å². The molecule has 1 amide bonds. The molecular weight excluding hydrogens is 228 g/mol. The van der Waals surface area contributed by atoms with Crippen molar-refractivity contribution in [2.24, 2.45) is 0 Å². The molecule has 0 bridgehead atoms. The smallest absolute Gasteiger partial charge is 0.257 e. The van der Waals surface area contributed by atoms with Gasteiger partial charge >= 0.3 is 0 Å². The maximum atomic E-state index is 12.0. The molecule has 18 heavy (non-hydrogen) atoms. The summed E-state index contributed by atoms with van der Waals surface area (Å²) in [6.07, 6.45) is 3.25. The Morgan fingerprint density at radius 3 is 2.56 bits per heavy atom. The summed E-state index contributed by atoms with van der Waals surface area (Å²) >= 11 is 0. The van der Waals surface area contributed by atoms with Gasteiger partial charge in [0.2, 0.25) is 0 Å². The highest BCUT2D eigenvalue weighted by Crippen LogP contribution is 2.10. The molecule has 0 saturated heterocycles. The van der Waals surface area contributed by atoms with Crippen molar-refractivity contribution in [2.75, 3.05) is 17.7 Å². The zero-order valence-corrected chi connectivity index (χ0v) is 10.3. The number of carbonyl (C=O) groups excluding carboxylic acids is 1. The molecule has 2 aromatic heterocycles. The van der Waals surface area contributed by atoms with E-state index < -0.39 is 0 Å². The third-order valence-corrected chi connectivity index (χ3v) is 2.44. The number of carbonyl (C=O) groups is 1. The standard InChI is InChI=1S/C13H14N4O/c1-9-3-5-16-12(7-9)17-13(18)10-4-6-15-11(8-10)14-2/h3-8H,1-2H3,(H,14,15)(H,16,17,18). The van der Waals surface area contributed by atoms with Crippen LogP contribution in [0.4, 0.5) is 11.6 Å². The summed E-state index contributed by atoms with van der Waals surface area (Å²) in [6, 6.07) is 7.04. The lowest BCUT2D eigenvalue weighted by molar-refractivity contribution is 0.102. The quantitative estimate of drug-likeness (QED) is 0.864. The molecule has 2 aromatic rings. The number of amides is 1. The average molecular weight is 242 g/mol. The molecule has 0 aliphatic heterocycles. The van der Waals surface area contributed by atoms with Crippen molar-refractivity contribution in [2.45, 2.75) is 6.92 Å². The van der Waals surface area contributed by atoms with Crippen LogP contribution in [0.5, 0.6) is 0 Å². The third-order valence-electron chi connectivity index (χ3n) is 2.44. The first-order chi connectivity index (χ1) is 8.69. The van der Waals surface area contributed by atoms with Crippen LogP contribution in [-0.2, 0) is 0 Å². The van der Waals surface area contributed by atoms with E-state index in [2.05, 4.69) is 20.6 Å². The molecule has 0 atom stereocenters. The van der Waals surface area contributed by atoms with E-state index in [1.54, 1.807) is 31.6 Å². The lowest BCUT2D eigenvalue weighted by Crippen LogP contribution is -2.13. The number of aryl methyl sites for hydroxylation is 1. The van der Waals surface area contributed by atoms with Gasteiger partial charge in [-0.05, 0) is 36.8 Å². The zero-order chi connectivity index (χ0) is 13.0. The summed E-state index contributed by atoms with van der Waals surface area (Å²) in [5, 5.41) is 5.63. The normalized spacial score (nSPS) is 9.89. The van der Waals surface area contributed by atoms with Gasteiger partial charge in [0.05, 0.1) is 0 Å². The number of hydrogen-bond acceptors (Lipinski definition) is 4. The van der Waals surface area contributed by atoms with E-state index in [1.165, 1.54) is 0 Å². The Labute approximate surface area is 105 Å². The van der Waals surface area contributed by atoms with Crippen LogP contribution in [0.2, 0.25) is 0 Å². The number of hydrogen-bond donors (Lipinski definition) is 2. The largest absolute Gasteiger partial charge is 0.373 e. The number of rotatable bonds is 3. The summed E-state index contributed by atoms with van der Waals surface area (Å²) in [6.45, 7) is 1.95. The van der Waals surface area contributed by atoms with Crippen molar-refractivity contribution in [1.29, 1.82) is 0 Å². The first-order valence-corrected chi connectivity index (χ1v) is 5.57. The Morgan fingerprint density at radius 1 is 1.11 bits per heavy atom. The van der Waals surface area contributed by atoms with Gasteiger partial charge in [0.15, 0.2) is 0 Å². The van der Waals surface area contributed by atoms with Crippen LogP contribution in [0.25, 0.3) is 0 Å². The summed E-state index contributed by atoms with van der Waals surface area (Å²) in [5.74, 6) is 0.995. The van der Waals surface area contributed by atoms with E-state index in [0.717, 1.165) is 5.56 Å². The van der Waals surface area contributed by atoms with Crippen molar-refractivity contribution in [3.8, 4) is 0 Å². The lowest BCUT2D eigenvalue weighted by atomic mass is 10.2. The molecule has 0 unspecified atom stereocenters. The van der Waals surface area contributed by atoms with Gasteiger partial charge in [-0.15, -0.1) is 0 Å². The molecule has 2 N–H and O–H groups in total. The summed E-state index contributed by atoms with van der Waals surface area (Å²) in [7, 11) is 1.76. The summed E-state index contributed by atoms with van der Waals surface area (Å²) < 4.78 is 0. The molecule has 2 heterocycles. The second-order valence-electron chi connectivity index (χ2n) is 3.85. The molecule has 5 heteroatoms. The molecule has 0 fully saturated rings. The molecule has 0 aliphatic carbocycles. The monoisotopic (exact) mass is 242 g/mol. The van der Waals surface area contributed by atoms with Crippen molar-refractivity contribution in [3.63, 3.8) is 0 Å². The fourth-order valence-corrected chi connectivity index (χ4v) is 1.50. The highest BCUT2D eigenvalue weighted by molar-refractivity contribution is 6.04. The molecule has 0 spiro atoms. The summed E-state index contributed by atoms with van der Waals surface area (Å²) in [4.78, 5) is 20.1. The molecular formula is C13H14N4O. The Balaban J connectivity index is 2.16. The van der Waals surface area contributed by atoms with Gasteiger partial charge < -0.3 is 10.6 Å². The fraction of sp³-hybridized carbons (Fsp3) is 0.154. The number of anilines is 2. The maximum Gasteiger partial charge on any atom is 0.257 e. The molecule has 5 nitrogen and oxygen atoms in total. The van der Waals surface area contributed by atoms with E-state index in [4.69, 9.17) is 0 Å². The first-order valence-electron chi connectivity index (χ1n) is 5.57. The van der Waals surface area contributed by atoms with Crippen LogP contribution in [0, 0.1) is 6.92 Å². The topological polar surface area (TPSA) is 66.9 Å². The van der Waals surface area contributed by atoms with Crippen LogP contribution in [-0.4, -0.2) is 22.9 Å². The number of aromatic nitrogens is 2. The predicted molar refractivity (Wildman–Crippen MR) is 70.7 cm³/mol. The van der Waals surface area contributed by atoms with Crippen molar-refractivity contribution in [1.82, 2.24) is 9.97 Å². The minimum Gasteiger partial charge on any atom is -0.373 e. The average Bonchev–Trinajstić information content (AvgIpc) is 2.39. The lowest BCUT2D eigenvalue weighted by Gasteiger charge is -2.06. The SMILES string of the molecule is CNc1cc(C(=O)Nc2cc(C)ccn2)ccn1. The Bertz CT molecular complexity index is 568. The first kappa shape index (κ1) is 12.0. The fourth-order valence-electron chi connectivity index (χ4n) is 1.50. The second-order valence-corrected chi connectivity index (χ2v) is 3.85. The van der Waals surface area contributed by atoms with Crippen molar-refractivity contribution < 1.29 is 4.79 Å². The van der Waals surface area contributed by atoms with E-state index in [1.807, 2.05) is 19.1 Å². The number of nitrogens with zero attached hydrogens (tertiary/aromatic N) is 2. The van der Waals surface area contributed by atoms with Gasteiger partial charge in [-0.3, -0.25) is 4.79 Å². The summed E-state index contributed by atoms with van der Waals surface area (Å²) in [5.41, 5.74) is 1.59. The van der Waals surface area contributed by atoms with Crippen LogP contribution in [0.15, 0.2) is 36.7 Å². The van der Waals surface area contributed by atoms with E-state index >= 15 is 0 Å². The second kappa shape index (κ2) is 5.27. The van der Waals surface area contributed by atoms with Crippen molar-refractivity contribution in [3.05, 3.63) is 47.8 Å². The highest BCUT2D eigenvalue weighted by atomic mass is 16.1. The van der Waals surface area contributed by atoms with Gasteiger partial charge in [0.25, 0.3) is 5.91 Å². The molecule has 92 valence electrons. The molecule has 0 radical (unpaired) electrons. The Kier molecular flexibility index (Phi) is 3.52. The van der Waals surface area contributed by atoms with E-state index in [0.29, 0.717) is 17.2 Å². The molecule has 2 rings (SSSR count). The van der Waals surface area contributed by atoms with Gasteiger partial charge in [0, 0.05) is 25.0 Å². The van der Waals surface area contributed by atoms with Crippen LogP contribution in [0.1, 0.15) is 15.9 Å².